The van der Waals surface area contributed by atoms with Gasteiger partial charge in [0.05, 0.1) is 6.20 Å². The Balaban J connectivity index is 2.58. The van der Waals surface area contributed by atoms with Crippen molar-refractivity contribution in [3.63, 3.8) is 0 Å². The van der Waals surface area contributed by atoms with E-state index in [-0.39, 0.29) is 0 Å². The summed E-state index contributed by atoms with van der Waals surface area (Å²) in [6.07, 6.45) is 1.61. The fourth-order valence-corrected chi connectivity index (χ4v) is 2.19. The van der Waals surface area contributed by atoms with Crippen LogP contribution in [0.1, 0.15) is 31.0 Å². The second kappa shape index (κ2) is 4.13. The van der Waals surface area contributed by atoms with E-state index in [2.05, 4.69) is 39.2 Å². The van der Waals surface area contributed by atoms with E-state index in [0.717, 1.165) is 11.3 Å². The molecule has 0 radical (unpaired) electrons. The van der Waals surface area contributed by atoms with Crippen LogP contribution in [0, 0.1) is 11.6 Å². The van der Waals surface area contributed by atoms with E-state index in [1.807, 2.05) is 6.92 Å². The van der Waals surface area contributed by atoms with Crippen LogP contribution in [-0.2, 0) is 0 Å². The highest BCUT2D eigenvalue weighted by Crippen LogP contribution is 2.20. The number of nitrogens with zero attached hydrogens (tertiary/aromatic N) is 3. The van der Waals surface area contributed by atoms with Gasteiger partial charge >= 0.3 is 0 Å². The van der Waals surface area contributed by atoms with E-state index in [0.29, 0.717) is 22.1 Å². The Morgan fingerprint density at radius 1 is 1.38 bits per heavy atom. The van der Waals surface area contributed by atoms with Crippen LogP contribution < -0.4 is 0 Å². The average molecular weight is 235 g/mol. The molecule has 0 aliphatic carbocycles. The number of aromatic amines is 2. The first kappa shape index (κ1) is 10.9. The van der Waals surface area contributed by atoms with Gasteiger partial charge in [0.25, 0.3) is 0 Å². The number of H-pyrrole nitrogens is 2. The number of aromatic nitrogens is 5. The molecule has 0 fully saturated rings. The molecule has 0 atom stereocenters. The van der Waals surface area contributed by atoms with Crippen molar-refractivity contribution in [1.29, 1.82) is 0 Å². The van der Waals surface area contributed by atoms with Gasteiger partial charge in [-0.3, -0.25) is 0 Å². The Morgan fingerprint density at radius 2 is 2.12 bits per heavy atom. The minimum Gasteiger partial charge on any atom is -0.342 e. The molecular weight excluding hydrogens is 222 g/mol. The number of nitrogens with one attached hydrogen (secondary N) is 2. The number of rotatable bonds is 2. The molecule has 2 aromatic rings. The Kier molecular flexibility index (Phi) is 2.82. The Hall–Kier alpha value is -1.56. The minimum absolute atomic E-state index is 0.364. The van der Waals surface area contributed by atoms with Crippen molar-refractivity contribution in [1.82, 2.24) is 25.4 Å². The van der Waals surface area contributed by atoms with Gasteiger partial charge in [-0.05, 0) is 12.8 Å². The molecule has 0 aliphatic heterocycles. The predicted octanol–water partition coefficient (Wildman–Crippen LogP) is 2.36. The van der Waals surface area contributed by atoms with Gasteiger partial charge in [0.2, 0.25) is 0 Å². The molecular formula is C10H13N5S. The SMILES string of the molecule is Cc1[nH]c(-c2cn[nH]n2)nc(=S)c1C(C)C. The highest BCUT2D eigenvalue weighted by atomic mass is 32.1. The molecule has 5 nitrogen and oxygen atoms in total. The van der Waals surface area contributed by atoms with Gasteiger partial charge in [0.15, 0.2) is 5.82 Å². The van der Waals surface area contributed by atoms with Crippen LogP contribution >= 0.6 is 12.2 Å². The molecule has 2 rings (SSSR count). The van der Waals surface area contributed by atoms with Gasteiger partial charge < -0.3 is 4.98 Å². The van der Waals surface area contributed by atoms with Gasteiger partial charge in [-0.25, -0.2) is 4.98 Å². The van der Waals surface area contributed by atoms with Crippen LogP contribution in [0.25, 0.3) is 11.5 Å². The second-order valence-corrected chi connectivity index (χ2v) is 4.33. The van der Waals surface area contributed by atoms with Crippen molar-refractivity contribution in [3.05, 3.63) is 22.1 Å². The summed E-state index contributed by atoms with van der Waals surface area (Å²) >= 11 is 5.29. The highest BCUT2D eigenvalue weighted by molar-refractivity contribution is 7.71. The first-order valence-electron chi connectivity index (χ1n) is 5.06. The normalized spacial score (nSPS) is 11.0. The lowest BCUT2D eigenvalue weighted by Gasteiger charge is -2.10. The molecule has 0 bridgehead atoms. The maximum absolute atomic E-state index is 5.29. The third kappa shape index (κ3) is 1.88. The maximum atomic E-state index is 5.29. The Morgan fingerprint density at radius 3 is 2.62 bits per heavy atom. The molecule has 0 aliphatic rings. The van der Waals surface area contributed by atoms with Crippen LogP contribution in [0.5, 0.6) is 0 Å². The zero-order valence-corrected chi connectivity index (χ0v) is 10.2. The van der Waals surface area contributed by atoms with E-state index in [1.54, 1.807) is 6.20 Å². The lowest BCUT2D eigenvalue weighted by Crippen LogP contribution is -2.01. The van der Waals surface area contributed by atoms with Crippen molar-refractivity contribution < 1.29 is 0 Å². The van der Waals surface area contributed by atoms with Gasteiger partial charge in [0, 0.05) is 11.3 Å². The van der Waals surface area contributed by atoms with Gasteiger partial charge in [0.1, 0.15) is 10.3 Å². The summed E-state index contributed by atoms with van der Waals surface area (Å²) in [5.41, 5.74) is 2.79. The summed E-state index contributed by atoms with van der Waals surface area (Å²) in [5.74, 6) is 1.02. The monoisotopic (exact) mass is 235 g/mol. The van der Waals surface area contributed by atoms with E-state index in [4.69, 9.17) is 12.2 Å². The molecule has 0 saturated heterocycles. The first-order valence-corrected chi connectivity index (χ1v) is 5.47. The Bertz CT molecular complexity index is 541. The smallest absolute Gasteiger partial charge is 0.161 e. The molecule has 16 heavy (non-hydrogen) atoms. The fourth-order valence-electron chi connectivity index (χ4n) is 1.71. The Labute approximate surface area is 98.3 Å². The molecule has 84 valence electrons. The van der Waals surface area contributed by atoms with Crippen LogP contribution in [0.3, 0.4) is 0 Å². The maximum Gasteiger partial charge on any atom is 0.161 e. The van der Waals surface area contributed by atoms with E-state index in [9.17, 15) is 0 Å². The summed E-state index contributed by atoms with van der Waals surface area (Å²) in [5, 5.41) is 10.3. The topological polar surface area (TPSA) is 70.2 Å². The largest absolute Gasteiger partial charge is 0.342 e. The molecule has 2 N–H and O–H groups in total. The highest BCUT2D eigenvalue weighted by Gasteiger charge is 2.11. The van der Waals surface area contributed by atoms with Gasteiger partial charge in [-0.15, -0.1) is 0 Å². The molecule has 0 unspecified atom stereocenters. The molecule has 0 amide bonds. The summed E-state index contributed by atoms with van der Waals surface area (Å²) in [4.78, 5) is 7.53. The lowest BCUT2D eigenvalue weighted by molar-refractivity contribution is 0.823. The fraction of sp³-hybridized carbons (Fsp3) is 0.400. The molecule has 0 spiro atoms. The van der Waals surface area contributed by atoms with Crippen molar-refractivity contribution in [3.8, 4) is 11.5 Å². The minimum atomic E-state index is 0.364. The molecule has 2 aromatic heterocycles. The van der Waals surface area contributed by atoms with Crippen LogP contribution in [-0.4, -0.2) is 25.4 Å². The van der Waals surface area contributed by atoms with Crippen molar-refractivity contribution >= 4 is 12.2 Å². The number of aryl methyl sites for hydroxylation is 1. The zero-order chi connectivity index (χ0) is 11.7. The number of hydrogen-bond acceptors (Lipinski definition) is 4. The van der Waals surface area contributed by atoms with E-state index >= 15 is 0 Å². The third-order valence-corrected chi connectivity index (χ3v) is 2.70. The van der Waals surface area contributed by atoms with Crippen molar-refractivity contribution in [2.75, 3.05) is 0 Å². The third-order valence-electron chi connectivity index (χ3n) is 2.39. The standard InChI is InChI=1S/C10H13N5S/c1-5(2)8-6(3)12-9(13-10(8)16)7-4-11-15-14-7/h4-5H,1-3H3,(H,11,14,15)(H,12,13,16). The summed E-state index contributed by atoms with van der Waals surface area (Å²) in [7, 11) is 0. The lowest BCUT2D eigenvalue weighted by atomic mass is 10.0. The summed E-state index contributed by atoms with van der Waals surface area (Å²) in [6.45, 7) is 6.20. The van der Waals surface area contributed by atoms with Crippen molar-refractivity contribution in [2.24, 2.45) is 0 Å². The molecule has 0 saturated carbocycles. The average Bonchev–Trinajstić information content (AvgIpc) is 2.67. The van der Waals surface area contributed by atoms with E-state index in [1.165, 1.54) is 0 Å². The van der Waals surface area contributed by atoms with E-state index < -0.39 is 0 Å². The molecule has 0 aromatic carbocycles. The predicted molar refractivity (Wildman–Crippen MR) is 63.6 cm³/mol. The summed E-state index contributed by atoms with van der Waals surface area (Å²) < 4.78 is 0.629. The van der Waals surface area contributed by atoms with Gasteiger partial charge in [-0.2, -0.15) is 15.4 Å². The quantitative estimate of drug-likeness (QED) is 0.784. The number of hydrogen-bond donors (Lipinski definition) is 2. The van der Waals surface area contributed by atoms with Crippen LogP contribution in [0.2, 0.25) is 0 Å². The molecule has 6 heteroatoms. The zero-order valence-electron chi connectivity index (χ0n) is 9.40. The van der Waals surface area contributed by atoms with Gasteiger partial charge in [-0.1, -0.05) is 26.1 Å². The van der Waals surface area contributed by atoms with Crippen LogP contribution in [0.15, 0.2) is 6.20 Å². The second-order valence-electron chi connectivity index (χ2n) is 3.94. The summed E-state index contributed by atoms with van der Waals surface area (Å²) in [6, 6.07) is 0. The van der Waals surface area contributed by atoms with Crippen molar-refractivity contribution in [2.45, 2.75) is 26.7 Å². The van der Waals surface area contributed by atoms with Crippen LogP contribution in [0.4, 0.5) is 0 Å². The first-order chi connectivity index (χ1) is 7.59. The molecule has 2 heterocycles.